The van der Waals surface area contributed by atoms with Crippen LogP contribution in [-0.4, -0.2) is 16.9 Å². The molecule has 1 aliphatic heterocycles. The molecule has 0 saturated heterocycles. The number of ether oxygens (including phenoxy) is 1. The van der Waals surface area contributed by atoms with E-state index in [2.05, 4.69) is 5.32 Å². The average Bonchev–Trinajstić information content (AvgIpc) is 2.20. The van der Waals surface area contributed by atoms with Crippen molar-refractivity contribution in [1.82, 2.24) is 0 Å². The second-order valence-electron chi connectivity index (χ2n) is 3.31. The van der Waals surface area contributed by atoms with E-state index < -0.39 is 11.0 Å². The summed E-state index contributed by atoms with van der Waals surface area (Å²) in [6, 6.07) is 2.40. The van der Waals surface area contributed by atoms with E-state index in [1.54, 1.807) is 6.92 Å². The van der Waals surface area contributed by atoms with Gasteiger partial charge in [-0.15, -0.1) is 0 Å². The lowest BCUT2D eigenvalue weighted by atomic mass is 10.2. The highest BCUT2D eigenvalue weighted by Gasteiger charge is 2.27. The third kappa shape index (κ3) is 1.67. The van der Waals surface area contributed by atoms with Crippen molar-refractivity contribution in [2.45, 2.75) is 13.0 Å². The predicted molar refractivity (Wildman–Crippen MR) is 56.8 cm³/mol. The highest BCUT2D eigenvalue weighted by Crippen LogP contribution is 2.39. The second-order valence-corrected chi connectivity index (χ2v) is 3.72. The van der Waals surface area contributed by atoms with Gasteiger partial charge < -0.3 is 10.1 Å². The Bertz CT molecular complexity index is 489. The van der Waals surface area contributed by atoms with Crippen LogP contribution in [0.5, 0.6) is 5.75 Å². The number of hydrogen-bond donors (Lipinski definition) is 1. The fourth-order valence-electron chi connectivity index (χ4n) is 1.36. The number of nitro groups is 1. The highest BCUT2D eigenvalue weighted by molar-refractivity contribution is 6.33. The molecule has 1 aliphatic rings. The molecule has 1 aromatic carbocycles. The van der Waals surface area contributed by atoms with Crippen LogP contribution in [-0.2, 0) is 4.79 Å². The fourth-order valence-corrected chi connectivity index (χ4v) is 1.62. The zero-order chi connectivity index (χ0) is 11.9. The Labute approximate surface area is 95.3 Å². The largest absolute Gasteiger partial charge is 0.477 e. The van der Waals surface area contributed by atoms with Gasteiger partial charge in [0.25, 0.3) is 11.6 Å². The maximum Gasteiger partial charge on any atom is 0.273 e. The summed E-state index contributed by atoms with van der Waals surface area (Å²) in [6.07, 6.45) is -0.661. The van der Waals surface area contributed by atoms with Gasteiger partial charge in [0.1, 0.15) is 0 Å². The van der Waals surface area contributed by atoms with Gasteiger partial charge in [-0.05, 0) is 6.92 Å². The van der Waals surface area contributed by atoms with Crippen LogP contribution >= 0.6 is 11.6 Å². The lowest BCUT2D eigenvalue weighted by Crippen LogP contribution is -2.34. The van der Waals surface area contributed by atoms with Crippen molar-refractivity contribution >= 4 is 28.9 Å². The van der Waals surface area contributed by atoms with E-state index in [1.165, 1.54) is 12.1 Å². The van der Waals surface area contributed by atoms with Crippen LogP contribution in [0.2, 0.25) is 5.02 Å². The minimum atomic E-state index is -0.661. The summed E-state index contributed by atoms with van der Waals surface area (Å²) < 4.78 is 5.24. The normalized spacial score (nSPS) is 18.4. The van der Waals surface area contributed by atoms with Crippen molar-refractivity contribution in [3.05, 3.63) is 27.3 Å². The van der Waals surface area contributed by atoms with E-state index >= 15 is 0 Å². The standard InChI is InChI=1S/C9H7ClN2O4/c1-4-9(13)11-7-3-5(12(14)15)2-6(10)8(7)16-4/h2-4H,1H3,(H,11,13). The molecule has 0 spiro atoms. The maximum atomic E-state index is 11.3. The van der Waals surface area contributed by atoms with Crippen LogP contribution in [0, 0.1) is 10.1 Å². The summed E-state index contributed by atoms with van der Waals surface area (Å²) in [4.78, 5) is 21.3. The molecule has 7 heteroatoms. The first kappa shape index (κ1) is 10.7. The van der Waals surface area contributed by atoms with Crippen molar-refractivity contribution in [3.63, 3.8) is 0 Å². The summed E-state index contributed by atoms with van der Waals surface area (Å²) in [5, 5.41) is 13.2. The number of carbonyl (C=O) groups excluding carboxylic acids is 1. The number of non-ortho nitro benzene ring substituents is 1. The number of nitrogens with zero attached hydrogens (tertiary/aromatic N) is 1. The zero-order valence-electron chi connectivity index (χ0n) is 8.19. The summed E-state index contributed by atoms with van der Waals surface area (Å²) in [5.41, 5.74) is 0.0319. The second kappa shape index (κ2) is 3.64. The SMILES string of the molecule is CC1Oc2c(Cl)cc([N+](=O)[O-])cc2NC1=O. The molecular formula is C9H7ClN2O4. The Morgan fingerprint density at radius 3 is 2.88 bits per heavy atom. The molecule has 0 saturated carbocycles. The van der Waals surface area contributed by atoms with Gasteiger partial charge in [0, 0.05) is 12.1 Å². The first-order valence-electron chi connectivity index (χ1n) is 4.44. The summed E-state index contributed by atoms with van der Waals surface area (Å²) in [7, 11) is 0. The number of hydrogen-bond acceptors (Lipinski definition) is 4. The molecule has 16 heavy (non-hydrogen) atoms. The Hall–Kier alpha value is -1.82. The van der Waals surface area contributed by atoms with E-state index in [9.17, 15) is 14.9 Å². The monoisotopic (exact) mass is 242 g/mol. The van der Waals surface area contributed by atoms with Crippen LogP contribution < -0.4 is 10.1 Å². The molecule has 0 radical (unpaired) electrons. The number of anilines is 1. The number of rotatable bonds is 1. The summed E-state index contributed by atoms with van der Waals surface area (Å²) in [6.45, 7) is 1.57. The number of halogens is 1. The van der Waals surface area contributed by atoms with Gasteiger partial charge in [-0.25, -0.2) is 0 Å². The number of nitrogens with one attached hydrogen (secondary N) is 1. The van der Waals surface area contributed by atoms with E-state index in [0.29, 0.717) is 0 Å². The van der Waals surface area contributed by atoms with Crippen LogP contribution in [0.1, 0.15) is 6.92 Å². The summed E-state index contributed by atoms with van der Waals surface area (Å²) >= 11 is 5.82. The van der Waals surface area contributed by atoms with Crippen LogP contribution in [0.4, 0.5) is 11.4 Å². The zero-order valence-corrected chi connectivity index (χ0v) is 8.95. The van der Waals surface area contributed by atoms with Gasteiger partial charge in [-0.1, -0.05) is 11.6 Å². The van der Waals surface area contributed by atoms with Crippen molar-refractivity contribution in [1.29, 1.82) is 0 Å². The Kier molecular flexibility index (Phi) is 2.43. The Morgan fingerprint density at radius 1 is 1.56 bits per heavy atom. The molecule has 1 atom stereocenters. The van der Waals surface area contributed by atoms with Crippen molar-refractivity contribution < 1.29 is 14.5 Å². The molecule has 0 bridgehead atoms. The molecule has 1 N–H and O–H groups in total. The molecule has 2 rings (SSSR count). The highest BCUT2D eigenvalue weighted by atomic mass is 35.5. The molecule has 6 nitrogen and oxygen atoms in total. The molecule has 1 aromatic rings. The molecule has 0 aliphatic carbocycles. The maximum absolute atomic E-state index is 11.3. The minimum absolute atomic E-state index is 0.107. The van der Waals surface area contributed by atoms with Crippen molar-refractivity contribution in [2.75, 3.05) is 5.32 Å². The Morgan fingerprint density at radius 2 is 2.25 bits per heavy atom. The van der Waals surface area contributed by atoms with E-state index in [0.717, 1.165) is 0 Å². The minimum Gasteiger partial charge on any atom is -0.477 e. The van der Waals surface area contributed by atoms with Gasteiger partial charge in [-0.2, -0.15) is 0 Å². The Balaban J connectivity index is 2.52. The van der Waals surface area contributed by atoms with Gasteiger partial charge >= 0.3 is 0 Å². The molecule has 1 heterocycles. The average molecular weight is 243 g/mol. The van der Waals surface area contributed by atoms with Gasteiger partial charge in [0.2, 0.25) is 0 Å². The first-order chi connectivity index (χ1) is 7.49. The van der Waals surface area contributed by atoms with E-state index in [4.69, 9.17) is 16.3 Å². The lowest BCUT2D eigenvalue weighted by Gasteiger charge is -2.23. The smallest absolute Gasteiger partial charge is 0.273 e. The molecule has 0 aromatic heterocycles. The van der Waals surface area contributed by atoms with E-state index in [1.807, 2.05) is 0 Å². The predicted octanol–water partition coefficient (Wildman–Crippen LogP) is 1.97. The van der Waals surface area contributed by atoms with Gasteiger partial charge in [0.05, 0.1) is 15.6 Å². The van der Waals surface area contributed by atoms with Gasteiger partial charge in [-0.3, -0.25) is 14.9 Å². The van der Waals surface area contributed by atoms with Crippen LogP contribution in [0.3, 0.4) is 0 Å². The topological polar surface area (TPSA) is 81.5 Å². The molecule has 84 valence electrons. The lowest BCUT2D eigenvalue weighted by molar-refractivity contribution is -0.384. The third-order valence-corrected chi connectivity index (χ3v) is 2.44. The van der Waals surface area contributed by atoms with Crippen molar-refractivity contribution in [3.8, 4) is 5.75 Å². The number of carbonyl (C=O) groups is 1. The molecular weight excluding hydrogens is 236 g/mol. The first-order valence-corrected chi connectivity index (χ1v) is 4.82. The molecule has 1 unspecified atom stereocenters. The number of benzene rings is 1. The fraction of sp³-hybridized carbons (Fsp3) is 0.222. The van der Waals surface area contributed by atoms with Crippen molar-refractivity contribution in [2.24, 2.45) is 0 Å². The van der Waals surface area contributed by atoms with Gasteiger partial charge in [0.15, 0.2) is 11.9 Å². The quantitative estimate of drug-likeness (QED) is 0.603. The van der Waals surface area contributed by atoms with Crippen LogP contribution in [0.25, 0.3) is 0 Å². The third-order valence-electron chi connectivity index (χ3n) is 2.16. The van der Waals surface area contributed by atoms with E-state index in [-0.39, 0.29) is 28.1 Å². The number of fused-ring (bicyclic) bond motifs is 1. The van der Waals surface area contributed by atoms with Crippen LogP contribution in [0.15, 0.2) is 12.1 Å². The number of nitro benzene ring substituents is 1. The molecule has 1 amide bonds. The summed E-state index contributed by atoms with van der Waals surface area (Å²) in [5.74, 6) is -0.0940. The number of amides is 1. The molecule has 0 fully saturated rings.